The van der Waals surface area contributed by atoms with Gasteiger partial charge in [-0.05, 0) is 31.0 Å². The fourth-order valence-corrected chi connectivity index (χ4v) is 3.64. The van der Waals surface area contributed by atoms with Gasteiger partial charge < -0.3 is 14.6 Å². The van der Waals surface area contributed by atoms with Crippen LogP contribution in [-0.4, -0.2) is 38.4 Å². The van der Waals surface area contributed by atoms with Gasteiger partial charge in [-0.1, -0.05) is 72.8 Å². The molecule has 0 spiro atoms. The summed E-state index contributed by atoms with van der Waals surface area (Å²) < 4.78 is 6.86. The number of aromatic nitrogens is 3. The Bertz CT molecular complexity index is 1320. The molecule has 0 radical (unpaired) electrons. The van der Waals surface area contributed by atoms with Crippen molar-refractivity contribution in [2.45, 2.75) is 32.4 Å². The van der Waals surface area contributed by atoms with Crippen LogP contribution in [0.3, 0.4) is 0 Å². The lowest BCUT2D eigenvalue weighted by molar-refractivity contribution is -0.116. The van der Waals surface area contributed by atoms with E-state index in [1.807, 2.05) is 72.8 Å². The number of aliphatic hydroxyl groups is 1. The minimum atomic E-state index is -0.967. The van der Waals surface area contributed by atoms with Gasteiger partial charge in [0.05, 0.1) is 6.54 Å². The molecule has 3 aromatic carbocycles. The molecule has 0 bridgehead atoms. The number of ether oxygens (including phenoxy) is 1. The van der Waals surface area contributed by atoms with E-state index in [1.54, 1.807) is 19.1 Å². The van der Waals surface area contributed by atoms with E-state index in [4.69, 9.17) is 4.74 Å². The van der Waals surface area contributed by atoms with Gasteiger partial charge in [0.25, 0.3) is 0 Å². The van der Waals surface area contributed by atoms with E-state index in [0.29, 0.717) is 30.0 Å². The average molecular weight is 470 g/mol. The van der Waals surface area contributed by atoms with Gasteiger partial charge in [-0.2, -0.15) is 10.1 Å². The highest BCUT2D eigenvalue weighted by Gasteiger charge is 2.17. The molecule has 1 heterocycles. The number of rotatable bonds is 10. The van der Waals surface area contributed by atoms with Crippen molar-refractivity contribution in [1.29, 1.82) is 0 Å². The van der Waals surface area contributed by atoms with Crippen LogP contribution in [0.1, 0.15) is 18.9 Å². The molecule has 1 aromatic heterocycles. The lowest BCUT2D eigenvalue weighted by atomic mass is 10.0. The Morgan fingerprint density at radius 2 is 1.51 bits per heavy atom. The number of benzene rings is 3. The van der Waals surface area contributed by atoms with E-state index in [2.05, 4.69) is 10.1 Å². The fraction of sp³-hybridized carbons (Fsp3) is 0.214. The van der Waals surface area contributed by atoms with E-state index >= 15 is 0 Å². The second-order valence-electron chi connectivity index (χ2n) is 8.32. The van der Waals surface area contributed by atoms with E-state index in [0.717, 1.165) is 16.7 Å². The van der Waals surface area contributed by atoms with Gasteiger partial charge in [0.15, 0.2) is 0 Å². The SMILES string of the molecule is CC(=O)CCc1ccc(OC[C@@H](O)Cn2nc(-c3ccccc3)c(-c3ccccc3)nc2=O)cc1. The first-order chi connectivity index (χ1) is 17.0. The number of carbonyl (C=O) groups is 1. The summed E-state index contributed by atoms with van der Waals surface area (Å²) in [5, 5.41) is 15.1. The van der Waals surface area contributed by atoms with Gasteiger partial charge >= 0.3 is 5.69 Å². The van der Waals surface area contributed by atoms with Crippen molar-refractivity contribution >= 4 is 5.78 Å². The number of aryl methyl sites for hydroxylation is 1. The largest absolute Gasteiger partial charge is 0.491 e. The predicted molar refractivity (Wildman–Crippen MR) is 134 cm³/mol. The molecule has 0 amide bonds. The molecular formula is C28H27N3O4. The number of nitrogens with zero attached hydrogens (tertiary/aromatic N) is 3. The summed E-state index contributed by atoms with van der Waals surface area (Å²) in [5.41, 5.74) is 3.17. The number of carbonyl (C=O) groups excluding carboxylic acids is 1. The Balaban J connectivity index is 1.49. The molecule has 4 aromatic rings. The number of ketones is 1. The maximum absolute atomic E-state index is 12.8. The lowest BCUT2D eigenvalue weighted by Gasteiger charge is -2.15. The normalized spacial score (nSPS) is 11.7. The molecule has 0 unspecified atom stereocenters. The van der Waals surface area contributed by atoms with Gasteiger partial charge in [-0.25, -0.2) is 9.48 Å². The molecule has 0 fully saturated rings. The molecule has 0 aliphatic carbocycles. The number of Topliss-reactive ketones (excluding diaryl/α,β-unsaturated/α-hetero) is 1. The van der Waals surface area contributed by atoms with Crippen LogP contribution < -0.4 is 10.4 Å². The molecule has 0 aliphatic rings. The van der Waals surface area contributed by atoms with Crippen molar-refractivity contribution in [1.82, 2.24) is 14.8 Å². The first-order valence-corrected chi connectivity index (χ1v) is 11.5. The third-order valence-corrected chi connectivity index (χ3v) is 5.48. The molecule has 35 heavy (non-hydrogen) atoms. The van der Waals surface area contributed by atoms with Crippen LogP contribution in [0.2, 0.25) is 0 Å². The third kappa shape index (κ3) is 6.49. The maximum atomic E-state index is 12.8. The molecule has 0 aliphatic heterocycles. The quantitative estimate of drug-likeness (QED) is 0.378. The maximum Gasteiger partial charge on any atom is 0.364 e. The summed E-state index contributed by atoms with van der Waals surface area (Å²) in [6, 6.07) is 26.4. The number of aliphatic hydroxyl groups excluding tert-OH is 1. The van der Waals surface area contributed by atoms with Crippen LogP contribution in [0.15, 0.2) is 89.7 Å². The number of hydrogen-bond acceptors (Lipinski definition) is 6. The Hall–Kier alpha value is -4.10. The zero-order valence-corrected chi connectivity index (χ0v) is 19.5. The summed E-state index contributed by atoms with van der Waals surface area (Å²) in [5.74, 6) is 0.748. The molecule has 7 nitrogen and oxygen atoms in total. The summed E-state index contributed by atoms with van der Waals surface area (Å²) in [7, 11) is 0. The van der Waals surface area contributed by atoms with Crippen LogP contribution in [0.5, 0.6) is 5.75 Å². The molecule has 0 saturated heterocycles. The van der Waals surface area contributed by atoms with Crippen LogP contribution in [0, 0.1) is 0 Å². The molecule has 4 rings (SSSR count). The van der Waals surface area contributed by atoms with Crippen LogP contribution in [-0.2, 0) is 17.8 Å². The predicted octanol–water partition coefficient (Wildman–Crippen LogP) is 3.93. The molecule has 178 valence electrons. The molecule has 1 atom stereocenters. The summed E-state index contributed by atoms with van der Waals surface area (Å²) in [6.07, 6.45) is 0.219. The lowest BCUT2D eigenvalue weighted by Crippen LogP contribution is -2.34. The summed E-state index contributed by atoms with van der Waals surface area (Å²) in [4.78, 5) is 28.2. The fourth-order valence-electron chi connectivity index (χ4n) is 3.64. The van der Waals surface area contributed by atoms with Crippen molar-refractivity contribution in [2.75, 3.05) is 6.61 Å². The van der Waals surface area contributed by atoms with Gasteiger partial charge in [0.1, 0.15) is 35.6 Å². The van der Waals surface area contributed by atoms with Gasteiger partial charge in [-0.15, -0.1) is 0 Å². The van der Waals surface area contributed by atoms with E-state index in [-0.39, 0.29) is 18.9 Å². The van der Waals surface area contributed by atoms with Crippen molar-refractivity contribution in [2.24, 2.45) is 0 Å². The average Bonchev–Trinajstić information content (AvgIpc) is 2.89. The summed E-state index contributed by atoms with van der Waals surface area (Å²) >= 11 is 0. The minimum Gasteiger partial charge on any atom is -0.491 e. The summed E-state index contributed by atoms with van der Waals surface area (Å²) in [6.45, 7) is 1.51. The topological polar surface area (TPSA) is 94.3 Å². The number of hydrogen-bond donors (Lipinski definition) is 1. The third-order valence-electron chi connectivity index (χ3n) is 5.48. The Morgan fingerprint density at radius 3 is 2.11 bits per heavy atom. The van der Waals surface area contributed by atoms with Crippen LogP contribution in [0.4, 0.5) is 0 Å². The molecular weight excluding hydrogens is 442 g/mol. The van der Waals surface area contributed by atoms with Crippen molar-refractivity contribution < 1.29 is 14.6 Å². The molecule has 7 heteroatoms. The van der Waals surface area contributed by atoms with Gasteiger partial charge in [-0.3, -0.25) is 0 Å². The Kier molecular flexibility index (Phi) is 7.80. The first kappa shape index (κ1) is 24.0. The highest BCUT2D eigenvalue weighted by molar-refractivity contribution is 5.77. The highest BCUT2D eigenvalue weighted by Crippen LogP contribution is 2.27. The Morgan fingerprint density at radius 1 is 0.914 bits per heavy atom. The van der Waals surface area contributed by atoms with E-state index < -0.39 is 11.8 Å². The second kappa shape index (κ2) is 11.4. The van der Waals surface area contributed by atoms with E-state index in [1.165, 1.54) is 4.68 Å². The van der Waals surface area contributed by atoms with Crippen molar-refractivity contribution in [3.63, 3.8) is 0 Å². The molecule has 1 N–H and O–H groups in total. The first-order valence-electron chi connectivity index (χ1n) is 11.5. The molecule has 0 saturated carbocycles. The minimum absolute atomic E-state index is 0.0119. The second-order valence-corrected chi connectivity index (χ2v) is 8.32. The van der Waals surface area contributed by atoms with Gasteiger partial charge in [0, 0.05) is 17.5 Å². The standard InChI is InChI=1S/C28H27N3O4/c1-20(32)12-13-21-14-16-25(17-15-21)35-19-24(33)18-31-28(34)29-26(22-8-4-2-5-9-22)27(30-31)23-10-6-3-7-11-23/h2-11,14-17,24,33H,12-13,18-19H2,1H3/t24-/m0/s1. The van der Waals surface area contributed by atoms with E-state index in [9.17, 15) is 14.7 Å². The Labute approximate surface area is 203 Å². The van der Waals surface area contributed by atoms with Crippen molar-refractivity contribution in [3.05, 3.63) is 101 Å². The monoisotopic (exact) mass is 469 g/mol. The van der Waals surface area contributed by atoms with Crippen LogP contribution in [0.25, 0.3) is 22.5 Å². The zero-order valence-electron chi connectivity index (χ0n) is 19.5. The smallest absolute Gasteiger partial charge is 0.364 e. The van der Waals surface area contributed by atoms with Crippen LogP contribution >= 0.6 is 0 Å². The highest BCUT2D eigenvalue weighted by atomic mass is 16.5. The van der Waals surface area contributed by atoms with Crippen molar-refractivity contribution in [3.8, 4) is 28.3 Å². The zero-order chi connectivity index (χ0) is 24.6. The van der Waals surface area contributed by atoms with Gasteiger partial charge in [0.2, 0.25) is 0 Å².